The van der Waals surface area contributed by atoms with E-state index in [9.17, 15) is 9.90 Å². The summed E-state index contributed by atoms with van der Waals surface area (Å²) in [6.45, 7) is 4.04. The monoisotopic (exact) mass is 350 g/mol. The topological polar surface area (TPSA) is 65.0 Å². The number of phenols is 1. The number of carbonyl (C=O) groups is 1. The van der Waals surface area contributed by atoms with E-state index >= 15 is 0 Å². The molecule has 0 radical (unpaired) electrons. The third kappa shape index (κ3) is 3.53. The van der Waals surface area contributed by atoms with Crippen molar-refractivity contribution in [3.05, 3.63) is 33.9 Å². The van der Waals surface area contributed by atoms with Crippen LogP contribution in [0.1, 0.15) is 46.8 Å². The molecule has 0 unspecified atom stereocenters. The summed E-state index contributed by atoms with van der Waals surface area (Å²) in [6, 6.07) is 0. The number of cyclic esters (lactones) is 1. The molecule has 0 aromatic heterocycles. The SMILES string of the molecule is COC(=S)CC/C(C)=C/Cc1c(O)c2c(c(C)c1OC)COC2=O. The van der Waals surface area contributed by atoms with Gasteiger partial charge in [-0.1, -0.05) is 11.6 Å². The summed E-state index contributed by atoms with van der Waals surface area (Å²) >= 11 is 5.03. The number of esters is 1. The molecule has 0 bridgehead atoms. The molecule has 0 amide bonds. The van der Waals surface area contributed by atoms with Crippen LogP contribution in [0.2, 0.25) is 0 Å². The first-order valence-electron chi connectivity index (χ1n) is 7.71. The lowest BCUT2D eigenvalue weighted by molar-refractivity contribution is 0.0533. The van der Waals surface area contributed by atoms with Crippen LogP contribution in [0.5, 0.6) is 11.5 Å². The van der Waals surface area contributed by atoms with E-state index in [1.807, 2.05) is 19.9 Å². The van der Waals surface area contributed by atoms with Gasteiger partial charge in [-0.15, -0.1) is 0 Å². The molecule has 6 heteroatoms. The van der Waals surface area contributed by atoms with Gasteiger partial charge in [0, 0.05) is 17.5 Å². The molecule has 1 heterocycles. The second-order valence-corrected chi connectivity index (χ2v) is 6.20. The highest BCUT2D eigenvalue weighted by Crippen LogP contribution is 2.42. The van der Waals surface area contributed by atoms with Crippen LogP contribution in [0.15, 0.2) is 11.6 Å². The smallest absolute Gasteiger partial charge is 0.342 e. The number of allylic oxidation sites excluding steroid dienone is 2. The summed E-state index contributed by atoms with van der Waals surface area (Å²) in [4.78, 5) is 11.9. The van der Waals surface area contributed by atoms with Gasteiger partial charge in [0.15, 0.2) is 5.05 Å². The van der Waals surface area contributed by atoms with Crippen molar-refractivity contribution in [2.75, 3.05) is 14.2 Å². The number of benzene rings is 1. The van der Waals surface area contributed by atoms with Crippen LogP contribution in [0.4, 0.5) is 0 Å². The number of fused-ring (bicyclic) bond motifs is 1. The van der Waals surface area contributed by atoms with E-state index in [0.29, 0.717) is 34.8 Å². The molecule has 130 valence electrons. The Balaban J connectivity index is 2.30. The Morgan fingerprint density at radius 1 is 1.38 bits per heavy atom. The fourth-order valence-electron chi connectivity index (χ4n) is 2.81. The van der Waals surface area contributed by atoms with Crippen molar-refractivity contribution in [1.82, 2.24) is 0 Å². The van der Waals surface area contributed by atoms with E-state index in [1.54, 1.807) is 14.2 Å². The Labute approximate surface area is 147 Å². The Morgan fingerprint density at radius 3 is 2.71 bits per heavy atom. The highest BCUT2D eigenvalue weighted by molar-refractivity contribution is 7.80. The average Bonchev–Trinajstić information content (AvgIpc) is 2.96. The van der Waals surface area contributed by atoms with Gasteiger partial charge in [-0.05, 0) is 44.5 Å². The van der Waals surface area contributed by atoms with Crippen molar-refractivity contribution in [1.29, 1.82) is 0 Å². The predicted octanol–water partition coefficient (Wildman–Crippen LogP) is 3.62. The Bertz CT molecular complexity index is 706. The number of hydrogen-bond acceptors (Lipinski definition) is 6. The van der Waals surface area contributed by atoms with Gasteiger partial charge in [0.1, 0.15) is 23.7 Å². The lowest BCUT2D eigenvalue weighted by atomic mass is 9.94. The molecule has 0 atom stereocenters. The van der Waals surface area contributed by atoms with Crippen molar-refractivity contribution in [3.8, 4) is 11.5 Å². The highest BCUT2D eigenvalue weighted by Gasteiger charge is 2.31. The van der Waals surface area contributed by atoms with Crippen molar-refractivity contribution in [2.24, 2.45) is 0 Å². The van der Waals surface area contributed by atoms with Crippen LogP contribution in [0, 0.1) is 6.92 Å². The first kappa shape index (κ1) is 18.3. The van der Waals surface area contributed by atoms with Crippen molar-refractivity contribution >= 4 is 23.2 Å². The highest BCUT2D eigenvalue weighted by atomic mass is 32.1. The third-order valence-corrected chi connectivity index (χ3v) is 4.62. The van der Waals surface area contributed by atoms with Crippen molar-refractivity contribution in [2.45, 2.75) is 39.7 Å². The van der Waals surface area contributed by atoms with Gasteiger partial charge >= 0.3 is 5.97 Å². The van der Waals surface area contributed by atoms with Gasteiger partial charge in [-0.3, -0.25) is 0 Å². The molecule has 2 rings (SSSR count). The van der Waals surface area contributed by atoms with Crippen molar-refractivity contribution < 1.29 is 24.1 Å². The first-order chi connectivity index (χ1) is 11.4. The Kier molecular flexibility index (Phi) is 5.83. The van der Waals surface area contributed by atoms with E-state index < -0.39 is 5.97 Å². The largest absolute Gasteiger partial charge is 0.507 e. The fraction of sp³-hybridized carbons (Fsp3) is 0.444. The van der Waals surface area contributed by atoms with Crippen LogP contribution in [0.25, 0.3) is 0 Å². The zero-order valence-corrected chi connectivity index (χ0v) is 15.2. The van der Waals surface area contributed by atoms with Crippen LogP contribution in [0.3, 0.4) is 0 Å². The van der Waals surface area contributed by atoms with E-state index in [2.05, 4.69) is 0 Å². The number of ether oxygens (including phenoxy) is 3. The van der Waals surface area contributed by atoms with Crippen molar-refractivity contribution in [3.63, 3.8) is 0 Å². The quantitative estimate of drug-likeness (QED) is 0.480. The predicted molar refractivity (Wildman–Crippen MR) is 94.8 cm³/mol. The standard InChI is InChI=1S/C18H22O5S/c1-10(6-8-14(24)21-3)5-7-12-16(19)15-13(9-23-18(15)20)11(2)17(12)22-4/h5,19H,6-9H2,1-4H3/b10-5+. The van der Waals surface area contributed by atoms with Gasteiger partial charge in [-0.25, -0.2) is 4.79 Å². The lowest BCUT2D eigenvalue weighted by Crippen LogP contribution is -2.03. The minimum absolute atomic E-state index is 0.0496. The molecule has 5 nitrogen and oxygen atoms in total. The van der Waals surface area contributed by atoms with Crippen LogP contribution < -0.4 is 4.74 Å². The Hall–Kier alpha value is -2.08. The number of methoxy groups -OCH3 is 2. The molecule has 1 aliphatic heterocycles. The summed E-state index contributed by atoms with van der Waals surface area (Å²) < 4.78 is 15.5. The van der Waals surface area contributed by atoms with E-state index in [-0.39, 0.29) is 17.9 Å². The normalized spacial score (nSPS) is 13.5. The van der Waals surface area contributed by atoms with Crippen LogP contribution >= 0.6 is 12.2 Å². The zero-order chi connectivity index (χ0) is 17.9. The Morgan fingerprint density at radius 2 is 2.08 bits per heavy atom. The third-order valence-electron chi connectivity index (χ3n) is 4.25. The molecule has 0 spiro atoms. The summed E-state index contributed by atoms with van der Waals surface area (Å²) in [5, 5.41) is 11.1. The second-order valence-electron chi connectivity index (χ2n) is 5.75. The zero-order valence-electron chi connectivity index (χ0n) is 14.4. The molecule has 1 aromatic rings. The molecule has 24 heavy (non-hydrogen) atoms. The molecule has 0 saturated carbocycles. The fourth-order valence-corrected chi connectivity index (χ4v) is 2.91. The second kappa shape index (κ2) is 7.66. The lowest BCUT2D eigenvalue weighted by Gasteiger charge is -2.15. The maximum absolute atomic E-state index is 11.9. The number of hydrogen-bond donors (Lipinski definition) is 1. The van der Waals surface area contributed by atoms with Gasteiger partial charge in [0.2, 0.25) is 0 Å². The molecular formula is C18H22O5S. The molecule has 1 aliphatic rings. The summed E-state index contributed by atoms with van der Waals surface area (Å²) in [5.41, 5.74) is 3.51. The number of rotatable bonds is 6. The maximum atomic E-state index is 11.9. The maximum Gasteiger partial charge on any atom is 0.342 e. The molecule has 0 aliphatic carbocycles. The summed E-state index contributed by atoms with van der Waals surface area (Å²) in [6.07, 6.45) is 3.92. The molecule has 1 N–H and O–H groups in total. The van der Waals surface area contributed by atoms with E-state index in [4.69, 9.17) is 26.4 Å². The summed E-state index contributed by atoms with van der Waals surface area (Å²) in [5.74, 6) is 0.0630. The van der Waals surface area contributed by atoms with Gasteiger partial charge in [-0.2, -0.15) is 0 Å². The number of thiocarbonyl (C=S) groups is 1. The van der Waals surface area contributed by atoms with Crippen LogP contribution in [-0.2, 0) is 22.5 Å². The summed E-state index contributed by atoms with van der Waals surface area (Å²) in [7, 11) is 3.12. The van der Waals surface area contributed by atoms with Gasteiger partial charge in [0.05, 0.1) is 14.2 Å². The van der Waals surface area contributed by atoms with E-state index in [0.717, 1.165) is 17.6 Å². The minimum Gasteiger partial charge on any atom is -0.507 e. The minimum atomic E-state index is -0.486. The number of aromatic hydroxyl groups is 1. The van der Waals surface area contributed by atoms with Gasteiger partial charge < -0.3 is 19.3 Å². The van der Waals surface area contributed by atoms with Gasteiger partial charge in [0.25, 0.3) is 0 Å². The molecule has 1 aromatic carbocycles. The number of phenolic OH excluding ortho intramolecular Hbond substituents is 1. The van der Waals surface area contributed by atoms with E-state index in [1.165, 1.54) is 0 Å². The number of carbonyl (C=O) groups excluding carboxylic acids is 1. The molecular weight excluding hydrogens is 328 g/mol. The molecule has 0 saturated heterocycles. The molecule has 0 fully saturated rings. The average molecular weight is 350 g/mol. The van der Waals surface area contributed by atoms with Crippen LogP contribution in [-0.4, -0.2) is 30.3 Å². The first-order valence-corrected chi connectivity index (χ1v) is 8.12.